The first-order valence-electron chi connectivity index (χ1n) is 7.23. The first-order chi connectivity index (χ1) is 11.1. The minimum absolute atomic E-state index is 0.243. The normalized spacial score (nSPS) is 11.9. The fourth-order valence-corrected chi connectivity index (χ4v) is 2.58. The van der Waals surface area contributed by atoms with Crippen LogP contribution in [-0.2, 0) is 0 Å². The second kappa shape index (κ2) is 6.67. The number of ether oxygens (including phenoxy) is 1. The Morgan fingerprint density at radius 2 is 1.70 bits per heavy atom. The molecule has 0 bridgehead atoms. The highest BCUT2D eigenvalue weighted by Gasteiger charge is 2.15. The predicted octanol–water partition coefficient (Wildman–Crippen LogP) is 4.52. The van der Waals surface area contributed by atoms with E-state index in [2.05, 4.69) is 9.97 Å². The Labute approximate surface area is 139 Å². The molecule has 116 valence electrons. The summed E-state index contributed by atoms with van der Waals surface area (Å²) in [5.74, 6) is 0.463. The highest BCUT2D eigenvalue weighted by atomic mass is 35.5. The van der Waals surface area contributed by atoms with Crippen LogP contribution >= 0.6 is 11.6 Å². The van der Waals surface area contributed by atoms with Gasteiger partial charge in [-0.1, -0.05) is 41.9 Å². The van der Waals surface area contributed by atoms with Crippen molar-refractivity contribution in [1.29, 1.82) is 0 Å². The van der Waals surface area contributed by atoms with Crippen molar-refractivity contribution >= 4 is 17.3 Å². The molecule has 3 aromatic rings. The Morgan fingerprint density at radius 3 is 2.43 bits per heavy atom. The third-order valence-corrected chi connectivity index (χ3v) is 3.82. The third-order valence-electron chi connectivity index (χ3n) is 3.48. The Morgan fingerprint density at radius 1 is 1.00 bits per heavy atom. The Bertz CT molecular complexity index is 805. The molecule has 4 nitrogen and oxygen atoms in total. The minimum Gasteiger partial charge on any atom is -0.468 e. The van der Waals surface area contributed by atoms with Crippen LogP contribution in [0.1, 0.15) is 18.6 Å². The van der Waals surface area contributed by atoms with Crippen LogP contribution < -0.4 is 10.5 Å². The van der Waals surface area contributed by atoms with Gasteiger partial charge < -0.3 is 10.5 Å². The van der Waals surface area contributed by atoms with Crippen molar-refractivity contribution in [3.05, 3.63) is 71.5 Å². The molecule has 0 saturated carbocycles. The van der Waals surface area contributed by atoms with E-state index in [1.807, 2.05) is 55.5 Å². The molecule has 1 aromatic heterocycles. The number of aromatic nitrogens is 2. The second-order valence-corrected chi connectivity index (χ2v) is 5.52. The summed E-state index contributed by atoms with van der Waals surface area (Å²) in [6, 6.07) is 15.0. The molecule has 0 amide bonds. The van der Waals surface area contributed by atoms with Crippen molar-refractivity contribution in [2.45, 2.75) is 13.0 Å². The zero-order valence-electron chi connectivity index (χ0n) is 12.6. The minimum atomic E-state index is -0.243. The molecule has 0 aliphatic carbocycles. The summed E-state index contributed by atoms with van der Waals surface area (Å²) in [5.41, 5.74) is 8.91. The van der Waals surface area contributed by atoms with Gasteiger partial charge in [-0.25, -0.2) is 9.97 Å². The predicted molar refractivity (Wildman–Crippen MR) is 92.4 cm³/mol. The molecule has 1 unspecified atom stereocenters. The summed E-state index contributed by atoms with van der Waals surface area (Å²) in [5, 5.41) is 0.665. The van der Waals surface area contributed by atoms with E-state index < -0.39 is 0 Å². The number of rotatable bonds is 4. The highest BCUT2D eigenvalue weighted by molar-refractivity contribution is 6.31. The van der Waals surface area contributed by atoms with Crippen LogP contribution in [0.25, 0.3) is 11.3 Å². The van der Waals surface area contributed by atoms with Crippen molar-refractivity contribution in [3.63, 3.8) is 0 Å². The lowest BCUT2D eigenvalue weighted by atomic mass is 10.1. The summed E-state index contributed by atoms with van der Waals surface area (Å²) in [7, 11) is 0. The van der Waals surface area contributed by atoms with Crippen molar-refractivity contribution in [2.24, 2.45) is 0 Å². The maximum absolute atomic E-state index is 6.23. The lowest BCUT2D eigenvalue weighted by Crippen LogP contribution is -2.06. The van der Waals surface area contributed by atoms with Gasteiger partial charge in [-0.05, 0) is 25.1 Å². The largest absolute Gasteiger partial charge is 0.468 e. The molecule has 5 heteroatoms. The van der Waals surface area contributed by atoms with Crippen molar-refractivity contribution in [1.82, 2.24) is 9.97 Å². The summed E-state index contributed by atoms with van der Waals surface area (Å²) in [6.45, 7) is 1.93. The molecule has 23 heavy (non-hydrogen) atoms. The molecule has 0 radical (unpaired) electrons. The van der Waals surface area contributed by atoms with Crippen LogP contribution in [0.15, 0.2) is 60.9 Å². The molecular formula is C18H16ClN3O. The topological polar surface area (TPSA) is 61.0 Å². The van der Waals surface area contributed by atoms with Crippen LogP contribution in [0.5, 0.6) is 5.88 Å². The molecule has 0 spiro atoms. The van der Waals surface area contributed by atoms with E-state index in [-0.39, 0.29) is 6.10 Å². The van der Waals surface area contributed by atoms with Crippen LogP contribution in [-0.4, -0.2) is 9.97 Å². The average Bonchev–Trinajstić information content (AvgIpc) is 2.56. The maximum Gasteiger partial charge on any atom is 0.241 e. The maximum atomic E-state index is 6.23. The fraction of sp³-hybridized carbons (Fsp3) is 0.111. The van der Waals surface area contributed by atoms with Gasteiger partial charge in [0.25, 0.3) is 0 Å². The van der Waals surface area contributed by atoms with Gasteiger partial charge in [-0.3, -0.25) is 0 Å². The van der Waals surface area contributed by atoms with Crippen molar-refractivity contribution in [3.8, 4) is 17.1 Å². The SMILES string of the molecule is CC(Oc1nccnc1-c1ccc(N)cc1)c1ccccc1Cl. The summed E-state index contributed by atoms with van der Waals surface area (Å²) in [6.07, 6.45) is 3.00. The Hall–Kier alpha value is -2.59. The van der Waals surface area contributed by atoms with Crippen LogP contribution in [0.3, 0.4) is 0 Å². The van der Waals surface area contributed by atoms with Crippen LogP contribution in [0, 0.1) is 0 Å². The monoisotopic (exact) mass is 325 g/mol. The fourth-order valence-electron chi connectivity index (χ4n) is 2.29. The lowest BCUT2D eigenvalue weighted by Gasteiger charge is -2.17. The lowest BCUT2D eigenvalue weighted by molar-refractivity contribution is 0.218. The van der Waals surface area contributed by atoms with Gasteiger partial charge in [-0.2, -0.15) is 0 Å². The van der Waals surface area contributed by atoms with E-state index in [0.29, 0.717) is 22.3 Å². The number of nitrogen functional groups attached to an aromatic ring is 1. The molecule has 1 heterocycles. The number of benzene rings is 2. The molecule has 1 atom stereocenters. The number of halogens is 1. The molecule has 0 fully saturated rings. The summed E-state index contributed by atoms with van der Waals surface area (Å²) in [4.78, 5) is 8.70. The van der Waals surface area contributed by atoms with E-state index in [0.717, 1.165) is 11.1 Å². The van der Waals surface area contributed by atoms with E-state index in [1.54, 1.807) is 12.4 Å². The Kier molecular flexibility index (Phi) is 4.44. The van der Waals surface area contributed by atoms with Gasteiger partial charge in [0.2, 0.25) is 5.88 Å². The van der Waals surface area contributed by atoms with E-state index in [4.69, 9.17) is 22.1 Å². The van der Waals surface area contributed by atoms with Crippen molar-refractivity contribution in [2.75, 3.05) is 5.73 Å². The molecule has 2 N–H and O–H groups in total. The second-order valence-electron chi connectivity index (χ2n) is 5.11. The standard InChI is InChI=1S/C18H16ClN3O/c1-12(15-4-2-3-5-16(15)19)23-18-17(21-10-11-22-18)13-6-8-14(20)9-7-13/h2-12H,20H2,1H3. The van der Waals surface area contributed by atoms with Crippen molar-refractivity contribution < 1.29 is 4.74 Å². The number of anilines is 1. The van der Waals surface area contributed by atoms with Gasteiger partial charge in [0.1, 0.15) is 11.8 Å². The molecule has 2 aromatic carbocycles. The van der Waals surface area contributed by atoms with Gasteiger partial charge in [0, 0.05) is 34.2 Å². The molecule has 0 aliphatic heterocycles. The van der Waals surface area contributed by atoms with Gasteiger partial charge in [0.05, 0.1) is 0 Å². The smallest absolute Gasteiger partial charge is 0.241 e. The van der Waals surface area contributed by atoms with Crippen LogP contribution in [0.4, 0.5) is 5.69 Å². The quantitative estimate of drug-likeness (QED) is 0.716. The number of hydrogen-bond acceptors (Lipinski definition) is 4. The summed E-state index contributed by atoms with van der Waals surface area (Å²) >= 11 is 6.23. The van der Waals surface area contributed by atoms with E-state index in [9.17, 15) is 0 Å². The highest BCUT2D eigenvalue weighted by Crippen LogP contribution is 2.31. The van der Waals surface area contributed by atoms with E-state index in [1.165, 1.54) is 0 Å². The Balaban J connectivity index is 1.92. The van der Waals surface area contributed by atoms with E-state index >= 15 is 0 Å². The number of hydrogen-bond donors (Lipinski definition) is 1. The zero-order chi connectivity index (χ0) is 16.2. The van der Waals surface area contributed by atoms with Gasteiger partial charge in [-0.15, -0.1) is 0 Å². The number of nitrogens with two attached hydrogens (primary N) is 1. The third kappa shape index (κ3) is 3.43. The average molecular weight is 326 g/mol. The molecular weight excluding hydrogens is 310 g/mol. The van der Waals surface area contributed by atoms with Gasteiger partial charge >= 0.3 is 0 Å². The van der Waals surface area contributed by atoms with Gasteiger partial charge in [0.15, 0.2) is 0 Å². The first-order valence-corrected chi connectivity index (χ1v) is 7.61. The summed E-state index contributed by atoms with van der Waals surface area (Å²) < 4.78 is 6.01. The molecule has 0 saturated heterocycles. The molecule has 3 rings (SSSR count). The number of nitrogens with zero attached hydrogens (tertiary/aromatic N) is 2. The zero-order valence-corrected chi connectivity index (χ0v) is 13.4. The first kappa shape index (κ1) is 15.3. The van der Waals surface area contributed by atoms with Crippen LogP contribution in [0.2, 0.25) is 5.02 Å². The molecule has 0 aliphatic rings.